The number of benzene rings is 2. The number of amides is 1. The van der Waals surface area contributed by atoms with E-state index in [0.29, 0.717) is 11.1 Å². The second-order valence-corrected chi connectivity index (χ2v) is 9.40. The molecule has 0 aliphatic carbocycles. The number of alkyl carbamates (subject to hydrolysis) is 1. The molecule has 14 heteroatoms. The van der Waals surface area contributed by atoms with Crippen molar-refractivity contribution in [3.8, 4) is 0 Å². The SMILES string of the molecule is CCOC(=O)C(NC(=O)OCc1ccccc1)C(OC(=O)OCc1ccccc1)C1OC(OC)C(OC(C)=O)C1OC(C)=O. The Hall–Kier alpha value is -4.69. The van der Waals surface area contributed by atoms with Gasteiger partial charge in [-0.1, -0.05) is 60.7 Å². The molecular formula is C30H35NO13. The normalized spacial score (nSPS) is 20.4. The number of hydrogen-bond donors (Lipinski definition) is 1. The molecule has 238 valence electrons. The van der Waals surface area contributed by atoms with E-state index in [9.17, 15) is 24.0 Å². The third-order valence-electron chi connectivity index (χ3n) is 6.15. The number of hydrogen-bond acceptors (Lipinski definition) is 13. The van der Waals surface area contributed by atoms with Crippen LogP contribution in [0.1, 0.15) is 31.9 Å². The van der Waals surface area contributed by atoms with Gasteiger partial charge in [-0.2, -0.15) is 0 Å². The minimum absolute atomic E-state index is 0.114. The lowest BCUT2D eigenvalue weighted by Crippen LogP contribution is -2.58. The second kappa shape index (κ2) is 16.8. The average molecular weight is 618 g/mol. The van der Waals surface area contributed by atoms with Crippen LogP contribution >= 0.6 is 0 Å². The van der Waals surface area contributed by atoms with Crippen molar-refractivity contribution in [2.24, 2.45) is 0 Å². The number of carbonyl (C=O) groups is 5. The summed E-state index contributed by atoms with van der Waals surface area (Å²) in [6.07, 6.45) is -9.78. The van der Waals surface area contributed by atoms with Crippen molar-refractivity contribution >= 4 is 30.2 Å². The van der Waals surface area contributed by atoms with E-state index in [-0.39, 0.29) is 19.8 Å². The maximum Gasteiger partial charge on any atom is 0.509 e. The van der Waals surface area contributed by atoms with E-state index in [1.165, 1.54) is 14.0 Å². The summed E-state index contributed by atoms with van der Waals surface area (Å²) in [6, 6.07) is 15.6. The van der Waals surface area contributed by atoms with Gasteiger partial charge in [0, 0.05) is 21.0 Å². The Morgan fingerprint density at radius 3 is 1.86 bits per heavy atom. The van der Waals surface area contributed by atoms with E-state index < -0.39 is 66.9 Å². The van der Waals surface area contributed by atoms with Crippen LogP contribution in [0.5, 0.6) is 0 Å². The van der Waals surface area contributed by atoms with E-state index in [0.717, 1.165) is 13.8 Å². The van der Waals surface area contributed by atoms with Crippen LogP contribution in [0.4, 0.5) is 9.59 Å². The van der Waals surface area contributed by atoms with Crippen LogP contribution in [0.3, 0.4) is 0 Å². The number of esters is 3. The lowest BCUT2D eigenvalue weighted by Gasteiger charge is -2.32. The Labute approximate surface area is 253 Å². The van der Waals surface area contributed by atoms with Gasteiger partial charge in [0.1, 0.15) is 19.3 Å². The fourth-order valence-corrected chi connectivity index (χ4v) is 4.33. The summed E-state index contributed by atoms with van der Waals surface area (Å²) in [6.45, 7) is 3.27. The van der Waals surface area contributed by atoms with Gasteiger partial charge in [-0.05, 0) is 18.1 Å². The van der Waals surface area contributed by atoms with Gasteiger partial charge < -0.3 is 43.2 Å². The van der Waals surface area contributed by atoms with Gasteiger partial charge in [-0.25, -0.2) is 14.4 Å². The molecule has 14 nitrogen and oxygen atoms in total. The summed E-state index contributed by atoms with van der Waals surface area (Å²) < 4.78 is 43.1. The van der Waals surface area contributed by atoms with Gasteiger partial charge in [0.05, 0.1) is 6.61 Å². The Bertz CT molecular complexity index is 1260. The zero-order chi connectivity index (χ0) is 32.1. The van der Waals surface area contributed by atoms with Crippen LogP contribution in [0.25, 0.3) is 0 Å². The standard InChI is InChI=1S/C30H35NO13/c1-5-38-27(34)22(31-29(35)39-16-20-12-8-6-9-13-20)23(44-30(36)40-17-21-14-10-7-11-15-21)24-25(41-18(2)32)26(42-19(3)33)28(37-4)43-24/h6-15,22-26,28H,5,16-17H2,1-4H3,(H,31,35). The van der Waals surface area contributed by atoms with E-state index in [4.69, 9.17) is 37.9 Å². The summed E-state index contributed by atoms with van der Waals surface area (Å²) in [4.78, 5) is 63.1. The maximum absolute atomic E-state index is 13.2. The average Bonchev–Trinajstić information content (AvgIpc) is 3.33. The molecule has 3 rings (SSSR count). The predicted octanol–water partition coefficient (Wildman–Crippen LogP) is 2.80. The van der Waals surface area contributed by atoms with Gasteiger partial charge in [0.2, 0.25) is 0 Å². The molecule has 0 spiro atoms. The molecule has 6 unspecified atom stereocenters. The van der Waals surface area contributed by atoms with Crippen LogP contribution in [0.2, 0.25) is 0 Å². The number of carbonyl (C=O) groups excluding carboxylic acids is 5. The Morgan fingerprint density at radius 1 is 0.795 bits per heavy atom. The summed E-state index contributed by atoms with van der Waals surface area (Å²) in [5.74, 6) is -2.62. The van der Waals surface area contributed by atoms with Crippen molar-refractivity contribution in [1.82, 2.24) is 5.32 Å². The van der Waals surface area contributed by atoms with Crippen molar-refractivity contribution in [3.05, 3.63) is 71.8 Å². The second-order valence-electron chi connectivity index (χ2n) is 9.40. The molecule has 1 amide bonds. The molecule has 2 aromatic carbocycles. The Balaban J connectivity index is 1.95. The molecular weight excluding hydrogens is 582 g/mol. The summed E-state index contributed by atoms with van der Waals surface area (Å²) >= 11 is 0. The van der Waals surface area contributed by atoms with Gasteiger partial charge in [-0.15, -0.1) is 0 Å². The fourth-order valence-electron chi connectivity index (χ4n) is 4.33. The van der Waals surface area contributed by atoms with Crippen molar-refractivity contribution in [3.63, 3.8) is 0 Å². The van der Waals surface area contributed by atoms with Gasteiger partial charge >= 0.3 is 30.2 Å². The zero-order valence-corrected chi connectivity index (χ0v) is 24.7. The lowest BCUT2D eigenvalue weighted by molar-refractivity contribution is -0.185. The molecule has 1 saturated heterocycles. The third kappa shape index (κ3) is 9.95. The first-order valence-corrected chi connectivity index (χ1v) is 13.7. The van der Waals surface area contributed by atoms with E-state index in [2.05, 4.69) is 5.32 Å². The molecule has 0 radical (unpaired) electrons. The van der Waals surface area contributed by atoms with Crippen molar-refractivity contribution in [1.29, 1.82) is 0 Å². The highest BCUT2D eigenvalue weighted by molar-refractivity contribution is 5.82. The van der Waals surface area contributed by atoms with Crippen molar-refractivity contribution < 1.29 is 61.9 Å². The van der Waals surface area contributed by atoms with Crippen LogP contribution < -0.4 is 5.32 Å². The first-order valence-electron chi connectivity index (χ1n) is 13.7. The monoisotopic (exact) mass is 617 g/mol. The van der Waals surface area contributed by atoms with E-state index >= 15 is 0 Å². The molecule has 0 bridgehead atoms. The lowest BCUT2D eigenvalue weighted by atomic mass is 9.99. The Kier molecular flexibility index (Phi) is 12.9. The van der Waals surface area contributed by atoms with Gasteiger partial charge in [0.25, 0.3) is 0 Å². The molecule has 0 aromatic heterocycles. The first kappa shape index (κ1) is 33.8. The summed E-state index contributed by atoms with van der Waals surface area (Å²) in [5.41, 5.74) is 1.30. The van der Waals surface area contributed by atoms with Gasteiger partial charge in [-0.3, -0.25) is 9.59 Å². The number of rotatable bonds is 13. The quantitative estimate of drug-likeness (QED) is 0.257. The highest BCUT2D eigenvalue weighted by atomic mass is 16.8. The van der Waals surface area contributed by atoms with E-state index in [1.54, 1.807) is 60.7 Å². The number of ether oxygens (including phenoxy) is 8. The largest absolute Gasteiger partial charge is 0.509 e. The molecule has 1 fully saturated rings. The smallest absolute Gasteiger partial charge is 0.464 e. The third-order valence-corrected chi connectivity index (χ3v) is 6.15. The van der Waals surface area contributed by atoms with E-state index in [1.807, 2.05) is 0 Å². The number of nitrogens with one attached hydrogen (secondary N) is 1. The number of methoxy groups -OCH3 is 1. The molecule has 6 atom stereocenters. The minimum atomic E-state index is -1.78. The summed E-state index contributed by atoms with van der Waals surface area (Å²) in [5, 5.41) is 2.35. The maximum atomic E-state index is 13.2. The zero-order valence-electron chi connectivity index (χ0n) is 24.7. The van der Waals surface area contributed by atoms with Crippen LogP contribution in [0.15, 0.2) is 60.7 Å². The molecule has 0 saturated carbocycles. The van der Waals surface area contributed by atoms with Crippen molar-refractivity contribution in [2.75, 3.05) is 13.7 Å². The van der Waals surface area contributed by atoms with Crippen LogP contribution in [0, 0.1) is 0 Å². The van der Waals surface area contributed by atoms with Crippen LogP contribution in [-0.2, 0) is 65.5 Å². The predicted molar refractivity (Wildman–Crippen MR) is 148 cm³/mol. The molecule has 1 N–H and O–H groups in total. The molecule has 2 aromatic rings. The summed E-state index contributed by atoms with van der Waals surface area (Å²) in [7, 11) is 1.24. The highest BCUT2D eigenvalue weighted by Gasteiger charge is 2.57. The molecule has 44 heavy (non-hydrogen) atoms. The molecule has 1 heterocycles. The topological polar surface area (TPSA) is 171 Å². The van der Waals surface area contributed by atoms with Gasteiger partial charge in [0.15, 0.2) is 30.6 Å². The highest BCUT2D eigenvalue weighted by Crippen LogP contribution is 2.32. The molecule has 1 aliphatic heterocycles. The van der Waals surface area contributed by atoms with Crippen LogP contribution in [-0.4, -0.2) is 80.6 Å². The molecule has 1 aliphatic rings. The fraction of sp³-hybridized carbons (Fsp3) is 0.433. The van der Waals surface area contributed by atoms with Crippen molar-refractivity contribution in [2.45, 2.75) is 70.7 Å². The first-order chi connectivity index (χ1) is 21.1. The minimum Gasteiger partial charge on any atom is -0.464 e. The Morgan fingerprint density at radius 2 is 1.34 bits per heavy atom.